The van der Waals surface area contributed by atoms with Crippen LogP contribution in [0.5, 0.6) is 0 Å². The lowest BCUT2D eigenvalue weighted by atomic mass is 10.2. The molecule has 15 heavy (non-hydrogen) atoms. The first-order chi connectivity index (χ1) is 7.33. The highest BCUT2D eigenvalue weighted by molar-refractivity contribution is 6.99. The summed E-state index contributed by atoms with van der Waals surface area (Å²) in [6.45, 7) is 0.722. The van der Waals surface area contributed by atoms with Gasteiger partial charge in [0.2, 0.25) is 0 Å². The Bertz CT molecular complexity index is 314. The summed E-state index contributed by atoms with van der Waals surface area (Å²) in [5.74, 6) is 0.739. The lowest BCUT2D eigenvalue weighted by molar-refractivity contribution is 0.297. The monoisotopic (exact) mass is 247 g/mol. The molecule has 1 fully saturated rings. The van der Waals surface area contributed by atoms with Gasteiger partial charge in [-0.15, -0.1) is 0 Å². The molecule has 0 saturated heterocycles. The van der Waals surface area contributed by atoms with Gasteiger partial charge in [-0.1, -0.05) is 24.4 Å². The van der Waals surface area contributed by atoms with Gasteiger partial charge in [-0.2, -0.15) is 8.75 Å². The van der Waals surface area contributed by atoms with Crippen LogP contribution in [0.2, 0.25) is 5.15 Å². The molecule has 1 aromatic rings. The van der Waals surface area contributed by atoms with Gasteiger partial charge in [0.25, 0.3) is 0 Å². The van der Waals surface area contributed by atoms with Gasteiger partial charge >= 0.3 is 0 Å². The van der Waals surface area contributed by atoms with Crippen LogP contribution in [0.4, 0.5) is 5.82 Å². The molecule has 84 valence electrons. The van der Waals surface area contributed by atoms with Crippen LogP contribution in [0.25, 0.3) is 0 Å². The third-order valence-corrected chi connectivity index (χ3v) is 3.68. The van der Waals surface area contributed by atoms with E-state index in [1.54, 1.807) is 0 Å². The van der Waals surface area contributed by atoms with E-state index in [1.165, 1.54) is 12.8 Å². The highest BCUT2D eigenvalue weighted by Crippen LogP contribution is 2.30. The molecule has 0 aromatic carbocycles. The van der Waals surface area contributed by atoms with E-state index in [4.69, 9.17) is 16.7 Å². The molecule has 1 N–H and O–H groups in total. The second kappa shape index (κ2) is 5.09. The standard InChI is InChI=1S/C9H14ClN3OS/c10-8-9(12-15-11-8)13(5-6-14)7-3-1-2-4-7/h7,14H,1-6H2. The average Bonchev–Trinajstić information content (AvgIpc) is 2.85. The van der Waals surface area contributed by atoms with Gasteiger partial charge in [0.1, 0.15) is 0 Å². The second-order valence-electron chi connectivity index (χ2n) is 3.73. The zero-order chi connectivity index (χ0) is 10.7. The van der Waals surface area contributed by atoms with E-state index in [-0.39, 0.29) is 6.61 Å². The number of aromatic nitrogens is 2. The zero-order valence-corrected chi connectivity index (χ0v) is 9.97. The highest BCUT2D eigenvalue weighted by atomic mass is 35.5. The molecular formula is C9H14ClN3OS. The van der Waals surface area contributed by atoms with Crippen LogP contribution in [0, 0.1) is 0 Å². The first-order valence-corrected chi connectivity index (χ1v) is 6.29. The van der Waals surface area contributed by atoms with Crippen molar-refractivity contribution in [2.24, 2.45) is 0 Å². The maximum Gasteiger partial charge on any atom is 0.187 e. The SMILES string of the molecule is OCCN(c1nsnc1Cl)C1CCCC1. The third kappa shape index (κ3) is 2.41. The fourth-order valence-corrected chi connectivity index (χ4v) is 2.89. The molecular weight excluding hydrogens is 234 g/mol. The van der Waals surface area contributed by atoms with E-state index < -0.39 is 0 Å². The molecule has 0 amide bonds. The molecule has 0 aliphatic heterocycles. The predicted octanol–water partition coefficient (Wildman–Crippen LogP) is 1.93. The minimum atomic E-state index is 0.129. The fraction of sp³-hybridized carbons (Fsp3) is 0.778. The molecule has 1 aliphatic carbocycles. The first kappa shape index (κ1) is 11.1. The smallest absolute Gasteiger partial charge is 0.187 e. The number of anilines is 1. The van der Waals surface area contributed by atoms with Crippen molar-refractivity contribution in [1.29, 1.82) is 0 Å². The van der Waals surface area contributed by atoms with E-state index >= 15 is 0 Å². The Morgan fingerprint density at radius 3 is 2.67 bits per heavy atom. The maximum atomic E-state index is 9.06. The Labute approximate surface area is 98.2 Å². The van der Waals surface area contributed by atoms with Crippen LogP contribution in [0.1, 0.15) is 25.7 Å². The van der Waals surface area contributed by atoms with Crippen molar-refractivity contribution >= 4 is 29.1 Å². The molecule has 2 rings (SSSR count). The van der Waals surface area contributed by atoms with Crippen LogP contribution >= 0.6 is 23.3 Å². The minimum Gasteiger partial charge on any atom is -0.395 e. The molecule has 0 unspecified atom stereocenters. The van der Waals surface area contributed by atoms with Crippen LogP contribution in [0.3, 0.4) is 0 Å². The van der Waals surface area contributed by atoms with Crippen LogP contribution in [0.15, 0.2) is 0 Å². The Hall–Kier alpha value is -0.390. The largest absolute Gasteiger partial charge is 0.395 e. The number of halogens is 1. The highest BCUT2D eigenvalue weighted by Gasteiger charge is 2.25. The number of aliphatic hydroxyl groups excluding tert-OH is 1. The number of rotatable bonds is 4. The van der Waals surface area contributed by atoms with Gasteiger partial charge in [-0.3, -0.25) is 0 Å². The fourth-order valence-electron chi connectivity index (χ4n) is 2.13. The van der Waals surface area contributed by atoms with Crippen molar-refractivity contribution in [2.45, 2.75) is 31.7 Å². The summed E-state index contributed by atoms with van der Waals surface area (Å²) in [6, 6.07) is 0.471. The lowest BCUT2D eigenvalue weighted by Gasteiger charge is -2.28. The normalized spacial score (nSPS) is 17.2. The van der Waals surface area contributed by atoms with Crippen LogP contribution in [-0.4, -0.2) is 33.0 Å². The van der Waals surface area contributed by atoms with Gasteiger partial charge in [0.15, 0.2) is 11.0 Å². The summed E-state index contributed by atoms with van der Waals surface area (Å²) >= 11 is 7.09. The van der Waals surface area contributed by atoms with Crippen molar-refractivity contribution in [3.05, 3.63) is 5.15 Å². The quantitative estimate of drug-likeness (QED) is 0.884. The van der Waals surface area contributed by atoms with E-state index in [0.717, 1.165) is 30.4 Å². The van der Waals surface area contributed by atoms with Crippen molar-refractivity contribution < 1.29 is 5.11 Å². The summed E-state index contributed by atoms with van der Waals surface area (Å²) in [5, 5.41) is 9.52. The number of nitrogens with zero attached hydrogens (tertiary/aromatic N) is 3. The number of hydrogen-bond donors (Lipinski definition) is 1. The van der Waals surface area contributed by atoms with Gasteiger partial charge in [-0.05, 0) is 12.8 Å². The Balaban J connectivity index is 2.15. The molecule has 1 heterocycles. The van der Waals surface area contributed by atoms with Crippen molar-refractivity contribution in [1.82, 2.24) is 8.75 Å². The second-order valence-corrected chi connectivity index (χ2v) is 4.62. The van der Waals surface area contributed by atoms with Crippen molar-refractivity contribution in [2.75, 3.05) is 18.1 Å². The molecule has 0 spiro atoms. The van der Waals surface area contributed by atoms with Gasteiger partial charge in [0, 0.05) is 12.6 Å². The third-order valence-electron chi connectivity index (χ3n) is 2.81. The Morgan fingerprint density at radius 1 is 1.40 bits per heavy atom. The summed E-state index contributed by atoms with van der Waals surface area (Å²) in [5.41, 5.74) is 0. The molecule has 1 saturated carbocycles. The van der Waals surface area contributed by atoms with Crippen molar-refractivity contribution in [3.8, 4) is 0 Å². The Kier molecular flexibility index (Phi) is 3.77. The van der Waals surface area contributed by atoms with Crippen LogP contribution in [-0.2, 0) is 0 Å². The van der Waals surface area contributed by atoms with E-state index in [1.807, 2.05) is 0 Å². The summed E-state index contributed by atoms with van der Waals surface area (Å²) in [6.07, 6.45) is 4.82. The number of aliphatic hydroxyl groups is 1. The Morgan fingerprint density at radius 2 is 2.13 bits per heavy atom. The van der Waals surface area contributed by atoms with Gasteiger partial charge in [0.05, 0.1) is 18.3 Å². The van der Waals surface area contributed by atoms with E-state index in [2.05, 4.69) is 13.6 Å². The zero-order valence-electron chi connectivity index (χ0n) is 8.40. The predicted molar refractivity (Wildman–Crippen MR) is 61.6 cm³/mol. The maximum absolute atomic E-state index is 9.06. The van der Waals surface area contributed by atoms with Gasteiger partial charge in [-0.25, -0.2) is 0 Å². The minimum absolute atomic E-state index is 0.129. The summed E-state index contributed by atoms with van der Waals surface area (Å²) < 4.78 is 8.16. The molecule has 0 radical (unpaired) electrons. The average molecular weight is 248 g/mol. The molecule has 6 heteroatoms. The molecule has 4 nitrogen and oxygen atoms in total. The molecule has 1 aliphatic rings. The van der Waals surface area contributed by atoms with Gasteiger partial charge < -0.3 is 10.0 Å². The molecule has 0 bridgehead atoms. The van der Waals surface area contributed by atoms with Crippen molar-refractivity contribution in [3.63, 3.8) is 0 Å². The molecule has 0 atom stereocenters. The number of hydrogen-bond acceptors (Lipinski definition) is 5. The van der Waals surface area contributed by atoms with E-state index in [9.17, 15) is 0 Å². The summed E-state index contributed by atoms with van der Waals surface area (Å²) in [7, 11) is 0. The van der Waals surface area contributed by atoms with E-state index in [0.29, 0.717) is 17.7 Å². The summed E-state index contributed by atoms with van der Waals surface area (Å²) in [4.78, 5) is 2.10. The lowest BCUT2D eigenvalue weighted by Crippen LogP contribution is -2.36. The first-order valence-electron chi connectivity index (χ1n) is 5.18. The van der Waals surface area contributed by atoms with Crippen LogP contribution < -0.4 is 4.90 Å². The molecule has 1 aromatic heterocycles. The topological polar surface area (TPSA) is 49.2 Å².